The summed E-state index contributed by atoms with van der Waals surface area (Å²) in [5, 5.41) is 6.86. The summed E-state index contributed by atoms with van der Waals surface area (Å²) >= 11 is 3.83. The van der Waals surface area contributed by atoms with E-state index in [1.807, 2.05) is 41.1 Å². The molecule has 0 aliphatic rings. The zero-order valence-corrected chi connectivity index (χ0v) is 11.4. The van der Waals surface area contributed by atoms with Gasteiger partial charge in [0, 0.05) is 9.26 Å². The zero-order chi connectivity index (χ0) is 11.4. The summed E-state index contributed by atoms with van der Waals surface area (Å²) in [4.78, 5) is 11.7. The van der Waals surface area contributed by atoms with E-state index in [0.29, 0.717) is 6.42 Å². The van der Waals surface area contributed by atoms with Gasteiger partial charge in [-0.1, -0.05) is 6.07 Å². The molecule has 1 N–H and O–H groups in total. The molecular formula is C12H10INOS. The fourth-order valence-corrected chi connectivity index (χ4v) is 2.56. The molecule has 1 aromatic heterocycles. The molecular weight excluding hydrogens is 333 g/mol. The van der Waals surface area contributed by atoms with Gasteiger partial charge in [0.2, 0.25) is 5.91 Å². The number of thiophene rings is 1. The molecule has 0 aliphatic carbocycles. The summed E-state index contributed by atoms with van der Waals surface area (Å²) in [5.74, 6) is 0.0281. The van der Waals surface area contributed by atoms with E-state index >= 15 is 0 Å². The van der Waals surface area contributed by atoms with Crippen molar-refractivity contribution < 1.29 is 4.79 Å². The minimum Gasteiger partial charge on any atom is -0.326 e. The van der Waals surface area contributed by atoms with Crippen molar-refractivity contribution >= 4 is 45.5 Å². The van der Waals surface area contributed by atoms with Gasteiger partial charge in [0.1, 0.15) is 0 Å². The van der Waals surface area contributed by atoms with Crippen LogP contribution in [0, 0.1) is 3.57 Å². The Kier molecular flexibility index (Phi) is 3.95. The van der Waals surface area contributed by atoms with Gasteiger partial charge in [-0.3, -0.25) is 4.79 Å². The van der Waals surface area contributed by atoms with Crippen molar-refractivity contribution in [1.82, 2.24) is 0 Å². The lowest BCUT2D eigenvalue weighted by Gasteiger charge is -2.04. The minimum absolute atomic E-state index is 0.0281. The lowest BCUT2D eigenvalue weighted by atomic mass is 10.2. The van der Waals surface area contributed by atoms with Crippen LogP contribution in [-0.2, 0) is 11.2 Å². The summed E-state index contributed by atoms with van der Waals surface area (Å²) < 4.78 is 1.12. The molecule has 4 heteroatoms. The number of hydrogen-bond acceptors (Lipinski definition) is 2. The lowest BCUT2D eigenvalue weighted by molar-refractivity contribution is -0.115. The van der Waals surface area contributed by atoms with E-state index < -0.39 is 0 Å². The molecule has 0 unspecified atom stereocenters. The molecule has 0 saturated carbocycles. The van der Waals surface area contributed by atoms with E-state index in [2.05, 4.69) is 27.9 Å². The first-order valence-electron chi connectivity index (χ1n) is 4.80. The highest BCUT2D eigenvalue weighted by molar-refractivity contribution is 14.1. The standard InChI is InChI=1S/C12H10INOS/c13-10-2-1-3-11(7-10)14-12(15)6-9-4-5-16-8-9/h1-5,7-8H,6H2,(H,14,15). The molecule has 1 amide bonds. The molecule has 2 rings (SSSR count). The third-order valence-electron chi connectivity index (χ3n) is 2.05. The highest BCUT2D eigenvalue weighted by Gasteiger charge is 2.04. The van der Waals surface area contributed by atoms with Crippen molar-refractivity contribution in [3.8, 4) is 0 Å². The third-order valence-corrected chi connectivity index (χ3v) is 3.46. The smallest absolute Gasteiger partial charge is 0.228 e. The Morgan fingerprint density at radius 3 is 2.94 bits per heavy atom. The molecule has 82 valence electrons. The first-order valence-corrected chi connectivity index (χ1v) is 6.83. The van der Waals surface area contributed by atoms with E-state index in [0.717, 1.165) is 14.8 Å². The van der Waals surface area contributed by atoms with Crippen LogP contribution in [0.25, 0.3) is 0 Å². The van der Waals surface area contributed by atoms with Crippen molar-refractivity contribution in [2.45, 2.75) is 6.42 Å². The van der Waals surface area contributed by atoms with Gasteiger partial charge in [-0.2, -0.15) is 11.3 Å². The average molecular weight is 343 g/mol. The number of amides is 1. The SMILES string of the molecule is O=C(Cc1ccsc1)Nc1cccc(I)c1. The Bertz CT molecular complexity index is 482. The Morgan fingerprint density at radius 2 is 2.25 bits per heavy atom. The van der Waals surface area contributed by atoms with Crippen molar-refractivity contribution in [2.75, 3.05) is 5.32 Å². The average Bonchev–Trinajstić information content (AvgIpc) is 2.70. The lowest BCUT2D eigenvalue weighted by Crippen LogP contribution is -2.13. The first kappa shape index (κ1) is 11.6. The van der Waals surface area contributed by atoms with Crippen LogP contribution in [0.5, 0.6) is 0 Å². The molecule has 1 aromatic carbocycles. The van der Waals surface area contributed by atoms with E-state index in [1.165, 1.54) is 0 Å². The van der Waals surface area contributed by atoms with Gasteiger partial charge in [-0.05, 0) is 63.2 Å². The van der Waals surface area contributed by atoms with Gasteiger partial charge in [-0.15, -0.1) is 0 Å². The number of anilines is 1. The highest BCUT2D eigenvalue weighted by atomic mass is 127. The number of benzene rings is 1. The molecule has 2 aromatic rings. The normalized spacial score (nSPS) is 10.1. The second-order valence-electron chi connectivity index (χ2n) is 3.37. The van der Waals surface area contributed by atoms with Crippen LogP contribution in [0.15, 0.2) is 41.1 Å². The monoisotopic (exact) mass is 343 g/mol. The summed E-state index contributed by atoms with van der Waals surface area (Å²) in [6.07, 6.45) is 0.439. The Balaban J connectivity index is 1.97. The number of nitrogens with one attached hydrogen (secondary N) is 1. The van der Waals surface area contributed by atoms with Gasteiger partial charge >= 0.3 is 0 Å². The maximum atomic E-state index is 11.7. The van der Waals surface area contributed by atoms with E-state index in [-0.39, 0.29) is 5.91 Å². The van der Waals surface area contributed by atoms with Crippen LogP contribution in [-0.4, -0.2) is 5.91 Å². The Morgan fingerprint density at radius 1 is 1.38 bits per heavy atom. The van der Waals surface area contributed by atoms with Crippen molar-refractivity contribution in [3.05, 3.63) is 50.2 Å². The van der Waals surface area contributed by atoms with Gasteiger partial charge in [0.15, 0.2) is 0 Å². The summed E-state index contributed by atoms with van der Waals surface area (Å²) in [7, 11) is 0. The predicted molar refractivity (Wildman–Crippen MR) is 75.8 cm³/mol. The summed E-state index contributed by atoms with van der Waals surface area (Å²) in [6, 6.07) is 9.75. The molecule has 0 fully saturated rings. The van der Waals surface area contributed by atoms with Crippen molar-refractivity contribution in [1.29, 1.82) is 0 Å². The molecule has 0 spiro atoms. The Hall–Kier alpha value is -0.880. The topological polar surface area (TPSA) is 29.1 Å². The molecule has 0 saturated heterocycles. The maximum Gasteiger partial charge on any atom is 0.228 e. The predicted octanol–water partition coefficient (Wildman–Crippen LogP) is 3.53. The molecule has 16 heavy (non-hydrogen) atoms. The maximum absolute atomic E-state index is 11.7. The highest BCUT2D eigenvalue weighted by Crippen LogP contribution is 2.13. The van der Waals surface area contributed by atoms with Crippen LogP contribution >= 0.6 is 33.9 Å². The van der Waals surface area contributed by atoms with Crippen LogP contribution in [0.2, 0.25) is 0 Å². The second kappa shape index (κ2) is 5.45. The van der Waals surface area contributed by atoms with Gasteiger partial charge in [-0.25, -0.2) is 0 Å². The molecule has 0 aliphatic heterocycles. The van der Waals surface area contributed by atoms with Crippen molar-refractivity contribution in [2.24, 2.45) is 0 Å². The largest absolute Gasteiger partial charge is 0.326 e. The quantitative estimate of drug-likeness (QED) is 0.849. The number of halogens is 1. The number of rotatable bonds is 3. The van der Waals surface area contributed by atoms with Gasteiger partial charge in [0.05, 0.1) is 6.42 Å². The van der Waals surface area contributed by atoms with Crippen LogP contribution < -0.4 is 5.32 Å². The minimum atomic E-state index is 0.0281. The molecule has 1 heterocycles. The van der Waals surface area contributed by atoms with E-state index in [1.54, 1.807) is 11.3 Å². The summed E-state index contributed by atoms with van der Waals surface area (Å²) in [6.45, 7) is 0. The molecule has 0 radical (unpaired) electrons. The van der Waals surface area contributed by atoms with Crippen molar-refractivity contribution in [3.63, 3.8) is 0 Å². The second-order valence-corrected chi connectivity index (χ2v) is 5.39. The van der Waals surface area contributed by atoms with Gasteiger partial charge < -0.3 is 5.32 Å². The summed E-state index contributed by atoms with van der Waals surface area (Å²) in [5.41, 5.74) is 1.92. The fraction of sp³-hybridized carbons (Fsp3) is 0.0833. The van der Waals surface area contributed by atoms with Crippen LogP contribution in [0.4, 0.5) is 5.69 Å². The molecule has 2 nitrogen and oxygen atoms in total. The Labute approximate surface area is 112 Å². The molecule has 0 bridgehead atoms. The van der Waals surface area contributed by atoms with Crippen LogP contribution in [0.1, 0.15) is 5.56 Å². The van der Waals surface area contributed by atoms with Crippen LogP contribution in [0.3, 0.4) is 0 Å². The van der Waals surface area contributed by atoms with E-state index in [9.17, 15) is 4.79 Å². The number of carbonyl (C=O) groups is 1. The molecule has 0 atom stereocenters. The van der Waals surface area contributed by atoms with E-state index in [4.69, 9.17) is 0 Å². The number of hydrogen-bond donors (Lipinski definition) is 1. The number of carbonyl (C=O) groups excluding carboxylic acids is 1. The first-order chi connectivity index (χ1) is 7.74. The van der Waals surface area contributed by atoms with Gasteiger partial charge in [0.25, 0.3) is 0 Å². The fourth-order valence-electron chi connectivity index (χ4n) is 1.35. The third kappa shape index (κ3) is 3.31. The zero-order valence-electron chi connectivity index (χ0n) is 8.44.